The number of anilines is 1. The molecule has 1 N–H and O–H groups in total. The Morgan fingerprint density at radius 1 is 1.44 bits per heavy atom. The van der Waals surface area contributed by atoms with Crippen molar-refractivity contribution >= 4 is 27.5 Å². The molecule has 1 amide bonds. The number of hydrogen-bond donors (Lipinski definition) is 1. The third kappa shape index (κ3) is 1.82. The Bertz CT molecular complexity index is 443. The molecule has 1 saturated carbocycles. The van der Waals surface area contributed by atoms with Crippen molar-refractivity contribution < 1.29 is 9.53 Å². The summed E-state index contributed by atoms with van der Waals surface area (Å²) in [6.07, 6.45) is 2.58. The number of nitrogens with one attached hydrogen (secondary N) is 1. The van der Waals surface area contributed by atoms with Crippen LogP contribution in [0.25, 0.3) is 0 Å². The zero-order chi connectivity index (χ0) is 11.1. The van der Waals surface area contributed by atoms with E-state index in [4.69, 9.17) is 4.74 Å². The Morgan fingerprint density at radius 3 is 3.00 bits per heavy atom. The lowest BCUT2D eigenvalue weighted by Gasteiger charge is -2.19. The molecule has 4 heteroatoms. The summed E-state index contributed by atoms with van der Waals surface area (Å²) in [5.74, 6) is 1.43. The average molecular weight is 282 g/mol. The van der Waals surface area contributed by atoms with Gasteiger partial charge in [0.25, 0.3) is 5.91 Å². The maximum absolute atomic E-state index is 11.2. The monoisotopic (exact) mass is 281 g/mol. The van der Waals surface area contributed by atoms with Crippen LogP contribution in [-0.2, 0) is 4.79 Å². The van der Waals surface area contributed by atoms with Gasteiger partial charge >= 0.3 is 0 Å². The Balaban J connectivity index is 1.91. The molecule has 1 aromatic rings. The molecular weight excluding hydrogens is 270 g/mol. The highest BCUT2D eigenvalue weighted by molar-refractivity contribution is 9.09. The third-order valence-electron chi connectivity index (χ3n) is 2.99. The molecule has 2 aliphatic rings. The number of hydrogen-bond acceptors (Lipinski definition) is 2. The van der Waals surface area contributed by atoms with E-state index in [1.165, 1.54) is 18.4 Å². The summed E-state index contributed by atoms with van der Waals surface area (Å²) in [7, 11) is 0. The van der Waals surface area contributed by atoms with Crippen LogP contribution in [0.5, 0.6) is 5.75 Å². The second-order valence-electron chi connectivity index (χ2n) is 4.33. The van der Waals surface area contributed by atoms with E-state index in [0.29, 0.717) is 4.83 Å². The Hall–Kier alpha value is -1.03. The highest BCUT2D eigenvalue weighted by atomic mass is 79.9. The second kappa shape index (κ2) is 3.77. The molecule has 0 radical (unpaired) electrons. The minimum absolute atomic E-state index is 0.0813. The number of amides is 1. The number of alkyl halides is 1. The van der Waals surface area contributed by atoms with Gasteiger partial charge in [-0.25, -0.2) is 0 Å². The number of carbonyl (C=O) groups is 1. The van der Waals surface area contributed by atoms with Crippen LogP contribution in [0.4, 0.5) is 5.69 Å². The number of ether oxygens (including phenoxy) is 1. The summed E-state index contributed by atoms with van der Waals surface area (Å²) >= 11 is 3.70. The molecular formula is C12H12BrNO2. The lowest BCUT2D eigenvalue weighted by atomic mass is 10.1. The van der Waals surface area contributed by atoms with E-state index in [1.54, 1.807) is 0 Å². The highest BCUT2D eigenvalue weighted by Gasteiger charge is 2.31. The normalized spacial score (nSPS) is 20.7. The summed E-state index contributed by atoms with van der Waals surface area (Å²) in [6.45, 7) is 0.118. The Kier molecular flexibility index (Phi) is 2.39. The van der Waals surface area contributed by atoms with Crippen LogP contribution in [0.1, 0.15) is 23.2 Å². The topological polar surface area (TPSA) is 38.3 Å². The maximum Gasteiger partial charge on any atom is 0.262 e. The molecule has 0 saturated heterocycles. The predicted octanol–water partition coefficient (Wildman–Crippen LogP) is 2.86. The van der Waals surface area contributed by atoms with Crippen molar-refractivity contribution in [3.63, 3.8) is 0 Å². The fourth-order valence-corrected chi connectivity index (χ4v) is 2.75. The molecule has 3 nitrogen and oxygen atoms in total. The van der Waals surface area contributed by atoms with Crippen molar-refractivity contribution in [2.24, 2.45) is 5.92 Å². The number of benzene rings is 1. The van der Waals surface area contributed by atoms with Crippen molar-refractivity contribution in [1.82, 2.24) is 0 Å². The van der Waals surface area contributed by atoms with Crippen molar-refractivity contribution in [1.29, 1.82) is 0 Å². The van der Waals surface area contributed by atoms with Crippen LogP contribution in [-0.4, -0.2) is 12.5 Å². The molecule has 0 spiro atoms. The first-order chi connectivity index (χ1) is 7.74. The Labute approximate surface area is 102 Å². The SMILES string of the molecule is O=C1COc2ccc(C(Br)C3CC3)cc2N1. The van der Waals surface area contributed by atoms with Gasteiger partial charge in [0.05, 0.1) is 5.69 Å². The van der Waals surface area contributed by atoms with Gasteiger partial charge in [-0.05, 0) is 36.5 Å². The summed E-state index contributed by atoms with van der Waals surface area (Å²) in [5.41, 5.74) is 2.01. The van der Waals surface area contributed by atoms with Crippen LogP contribution in [0.2, 0.25) is 0 Å². The van der Waals surface area contributed by atoms with Crippen LogP contribution in [0.15, 0.2) is 18.2 Å². The van der Waals surface area contributed by atoms with E-state index >= 15 is 0 Å². The van der Waals surface area contributed by atoms with Gasteiger partial charge in [-0.15, -0.1) is 0 Å². The van der Waals surface area contributed by atoms with Gasteiger partial charge < -0.3 is 10.1 Å². The largest absolute Gasteiger partial charge is 0.482 e. The molecule has 1 aliphatic heterocycles. The summed E-state index contributed by atoms with van der Waals surface area (Å²) in [4.78, 5) is 11.6. The molecule has 1 unspecified atom stereocenters. The number of carbonyl (C=O) groups excluding carboxylic acids is 1. The van der Waals surface area contributed by atoms with E-state index in [0.717, 1.165) is 17.4 Å². The first-order valence-electron chi connectivity index (χ1n) is 5.45. The van der Waals surface area contributed by atoms with Gasteiger partial charge in [0.2, 0.25) is 0 Å². The molecule has 16 heavy (non-hydrogen) atoms. The van der Waals surface area contributed by atoms with Crippen molar-refractivity contribution in [3.8, 4) is 5.75 Å². The first kappa shape index (κ1) is 10.1. The quantitative estimate of drug-likeness (QED) is 0.847. The number of halogens is 1. The predicted molar refractivity (Wildman–Crippen MR) is 65.0 cm³/mol. The molecule has 3 rings (SSSR count). The van der Waals surface area contributed by atoms with Gasteiger partial charge in [-0.1, -0.05) is 22.0 Å². The van der Waals surface area contributed by atoms with Gasteiger partial charge in [0.15, 0.2) is 6.61 Å². The molecule has 1 aliphatic carbocycles. The zero-order valence-corrected chi connectivity index (χ0v) is 10.3. The lowest BCUT2D eigenvalue weighted by molar-refractivity contribution is -0.118. The summed E-state index contributed by atoms with van der Waals surface area (Å²) in [5, 5.41) is 2.83. The molecule has 84 valence electrons. The summed E-state index contributed by atoms with van der Waals surface area (Å²) in [6, 6.07) is 6.00. The fraction of sp³-hybridized carbons (Fsp3) is 0.417. The third-order valence-corrected chi connectivity index (χ3v) is 4.27. The second-order valence-corrected chi connectivity index (χ2v) is 5.32. The van der Waals surface area contributed by atoms with E-state index in [2.05, 4.69) is 27.3 Å². The van der Waals surface area contributed by atoms with E-state index in [1.807, 2.05) is 12.1 Å². The van der Waals surface area contributed by atoms with E-state index < -0.39 is 0 Å². The van der Waals surface area contributed by atoms with Gasteiger partial charge in [0.1, 0.15) is 5.75 Å². The van der Waals surface area contributed by atoms with E-state index in [9.17, 15) is 4.79 Å². The summed E-state index contributed by atoms with van der Waals surface area (Å²) < 4.78 is 5.32. The number of rotatable bonds is 2. The highest BCUT2D eigenvalue weighted by Crippen LogP contribution is 2.47. The molecule has 1 heterocycles. The fourth-order valence-electron chi connectivity index (χ4n) is 1.93. The molecule has 1 aromatic carbocycles. The minimum atomic E-state index is -0.0813. The lowest BCUT2D eigenvalue weighted by Crippen LogP contribution is -2.25. The first-order valence-corrected chi connectivity index (χ1v) is 6.36. The molecule has 1 atom stereocenters. The van der Waals surface area contributed by atoms with Crippen molar-refractivity contribution in [2.45, 2.75) is 17.7 Å². The molecule has 0 bridgehead atoms. The van der Waals surface area contributed by atoms with Gasteiger partial charge in [-0.2, -0.15) is 0 Å². The minimum Gasteiger partial charge on any atom is -0.482 e. The number of fused-ring (bicyclic) bond motifs is 1. The average Bonchev–Trinajstić information content (AvgIpc) is 3.11. The zero-order valence-electron chi connectivity index (χ0n) is 8.70. The van der Waals surface area contributed by atoms with Crippen LogP contribution in [0.3, 0.4) is 0 Å². The van der Waals surface area contributed by atoms with Crippen LogP contribution >= 0.6 is 15.9 Å². The standard InChI is InChI=1S/C12H12BrNO2/c13-12(7-1-2-7)8-3-4-10-9(5-8)14-11(15)6-16-10/h3-5,7,12H,1-2,6H2,(H,14,15). The van der Waals surface area contributed by atoms with Crippen LogP contribution < -0.4 is 10.1 Å². The van der Waals surface area contributed by atoms with Gasteiger partial charge in [-0.3, -0.25) is 4.79 Å². The smallest absolute Gasteiger partial charge is 0.262 e. The maximum atomic E-state index is 11.2. The van der Waals surface area contributed by atoms with Gasteiger partial charge in [0, 0.05) is 4.83 Å². The molecule has 0 aromatic heterocycles. The van der Waals surface area contributed by atoms with Crippen molar-refractivity contribution in [2.75, 3.05) is 11.9 Å². The Morgan fingerprint density at radius 2 is 2.25 bits per heavy atom. The van der Waals surface area contributed by atoms with Crippen molar-refractivity contribution in [3.05, 3.63) is 23.8 Å². The van der Waals surface area contributed by atoms with E-state index in [-0.39, 0.29) is 12.5 Å². The van der Waals surface area contributed by atoms with Crippen LogP contribution in [0, 0.1) is 5.92 Å². The molecule has 1 fully saturated rings.